The molecule has 2 rings (SSSR count). The van der Waals surface area contributed by atoms with Crippen LogP contribution in [0.1, 0.15) is 6.92 Å². The molecular weight excluding hydrogens is 228 g/mol. The van der Waals surface area contributed by atoms with Gasteiger partial charge >= 0.3 is 9.04 Å². The van der Waals surface area contributed by atoms with E-state index in [1.165, 1.54) is 6.92 Å². The SMILES string of the molecule is CC(=O)O[Si](c1ccccc1)c1ccccc1. The highest BCUT2D eigenvalue weighted by Crippen LogP contribution is 1.95. The second-order valence-electron chi connectivity index (χ2n) is 3.65. The Labute approximate surface area is 103 Å². The lowest BCUT2D eigenvalue weighted by Gasteiger charge is -2.14. The van der Waals surface area contributed by atoms with Gasteiger partial charge in [0, 0.05) is 6.92 Å². The summed E-state index contributed by atoms with van der Waals surface area (Å²) >= 11 is 0. The predicted molar refractivity (Wildman–Crippen MR) is 69.7 cm³/mol. The fourth-order valence-electron chi connectivity index (χ4n) is 1.61. The van der Waals surface area contributed by atoms with Gasteiger partial charge in [-0.1, -0.05) is 60.7 Å². The molecule has 0 aliphatic carbocycles. The molecule has 17 heavy (non-hydrogen) atoms. The summed E-state index contributed by atoms with van der Waals surface area (Å²) in [4.78, 5) is 11.2. The number of hydrogen-bond acceptors (Lipinski definition) is 2. The molecule has 0 atom stereocenters. The number of carbonyl (C=O) groups is 1. The molecule has 2 nitrogen and oxygen atoms in total. The van der Waals surface area contributed by atoms with Crippen molar-refractivity contribution in [3.63, 3.8) is 0 Å². The predicted octanol–water partition coefficient (Wildman–Crippen LogP) is 1.36. The summed E-state index contributed by atoms with van der Waals surface area (Å²) < 4.78 is 5.49. The molecule has 0 bridgehead atoms. The first-order valence-corrected chi connectivity index (χ1v) is 6.84. The molecule has 3 heteroatoms. The van der Waals surface area contributed by atoms with E-state index in [1.54, 1.807) is 0 Å². The lowest BCUT2D eigenvalue weighted by atomic mass is 10.4. The van der Waals surface area contributed by atoms with E-state index < -0.39 is 9.04 Å². The van der Waals surface area contributed by atoms with Crippen molar-refractivity contribution in [2.75, 3.05) is 0 Å². The van der Waals surface area contributed by atoms with Crippen molar-refractivity contribution in [2.24, 2.45) is 0 Å². The van der Waals surface area contributed by atoms with E-state index in [9.17, 15) is 4.79 Å². The Morgan fingerprint density at radius 3 is 1.65 bits per heavy atom. The second kappa shape index (κ2) is 5.45. The molecule has 0 aliphatic rings. The third-order valence-corrected chi connectivity index (χ3v) is 4.52. The van der Waals surface area contributed by atoms with Crippen LogP contribution in [0.3, 0.4) is 0 Å². The van der Waals surface area contributed by atoms with Gasteiger partial charge in [-0.15, -0.1) is 0 Å². The normalized spacial score (nSPS) is 10.2. The standard InChI is InChI=1S/C14H13O2Si/c1-12(15)16-17(13-8-4-2-5-9-13)14-10-6-3-7-11-14/h2-11H,1H3. The first kappa shape index (κ1) is 11.6. The molecule has 0 aromatic heterocycles. The largest absolute Gasteiger partial charge is 0.508 e. The van der Waals surface area contributed by atoms with E-state index in [0.717, 1.165) is 10.4 Å². The molecule has 0 saturated heterocycles. The molecule has 0 saturated carbocycles. The average Bonchev–Trinajstić information content (AvgIpc) is 2.38. The second-order valence-corrected chi connectivity index (χ2v) is 5.67. The van der Waals surface area contributed by atoms with Gasteiger partial charge in [-0.25, -0.2) is 0 Å². The topological polar surface area (TPSA) is 26.3 Å². The summed E-state index contributed by atoms with van der Waals surface area (Å²) in [5.41, 5.74) is 0. The van der Waals surface area contributed by atoms with Crippen LogP contribution >= 0.6 is 0 Å². The van der Waals surface area contributed by atoms with Gasteiger partial charge in [0.1, 0.15) is 0 Å². The number of hydrogen-bond donors (Lipinski definition) is 0. The van der Waals surface area contributed by atoms with Gasteiger partial charge in [-0.05, 0) is 10.4 Å². The van der Waals surface area contributed by atoms with E-state index in [4.69, 9.17) is 4.43 Å². The maximum atomic E-state index is 11.2. The van der Waals surface area contributed by atoms with Crippen molar-refractivity contribution in [1.29, 1.82) is 0 Å². The van der Waals surface area contributed by atoms with Crippen LogP contribution in [0.15, 0.2) is 60.7 Å². The summed E-state index contributed by atoms with van der Waals surface area (Å²) in [6, 6.07) is 19.8. The highest BCUT2D eigenvalue weighted by molar-refractivity contribution is 6.81. The van der Waals surface area contributed by atoms with Crippen molar-refractivity contribution in [3.05, 3.63) is 60.7 Å². The summed E-state index contributed by atoms with van der Waals surface area (Å²) in [6.07, 6.45) is 0. The number of carbonyl (C=O) groups excluding carboxylic acids is 1. The molecule has 85 valence electrons. The van der Waals surface area contributed by atoms with Gasteiger partial charge in [0.15, 0.2) is 0 Å². The monoisotopic (exact) mass is 241 g/mol. The molecule has 0 aliphatic heterocycles. The Morgan fingerprint density at radius 1 is 0.882 bits per heavy atom. The van der Waals surface area contributed by atoms with E-state index in [2.05, 4.69) is 0 Å². The van der Waals surface area contributed by atoms with Gasteiger partial charge in [0.05, 0.1) is 0 Å². The van der Waals surface area contributed by atoms with Crippen LogP contribution in [0.25, 0.3) is 0 Å². The van der Waals surface area contributed by atoms with Crippen LogP contribution in [0.2, 0.25) is 0 Å². The Balaban J connectivity index is 2.36. The summed E-state index contributed by atoms with van der Waals surface area (Å²) in [6.45, 7) is 1.45. The lowest BCUT2D eigenvalue weighted by Crippen LogP contribution is -2.45. The van der Waals surface area contributed by atoms with Gasteiger partial charge in [0.2, 0.25) is 0 Å². The smallest absolute Gasteiger partial charge is 0.356 e. The van der Waals surface area contributed by atoms with Crippen molar-refractivity contribution in [3.8, 4) is 0 Å². The molecule has 2 aromatic carbocycles. The molecule has 0 unspecified atom stereocenters. The van der Waals surface area contributed by atoms with Crippen LogP contribution < -0.4 is 10.4 Å². The van der Waals surface area contributed by atoms with Crippen LogP contribution in [0, 0.1) is 0 Å². The molecule has 0 amide bonds. The fraction of sp³-hybridized carbons (Fsp3) is 0.0714. The summed E-state index contributed by atoms with van der Waals surface area (Å²) in [5, 5.41) is 2.16. The summed E-state index contributed by atoms with van der Waals surface area (Å²) in [5.74, 6) is -0.230. The molecule has 0 heterocycles. The quantitative estimate of drug-likeness (QED) is 0.758. The third-order valence-electron chi connectivity index (χ3n) is 2.32. The molecule has 0 spiro atoms. The summed E-state index contributed by atoms with van der Waals surface area (Å²) in [7, 11) is -1.45. The zero-order valence-corrected chi connectivity index (χ0v) is 10.6. The van der Waals surface area contributed by atoms with Gasteiger partial charge in [0.25, 0.3) is 5.97 Å². The van der Waals surface area contributed by atoms with Crippen molar-refractivity contribution < 1.29 is 9.22 Å². The molecule has 2 aromatic rings. The maximum absolute atomic E-state index is 11.2. The Morgan fingerprint density at radius 2 is 1.29 bits per heavy atom. The first-order chi connectivity index (χ1) is 8.27. The van der Waals surface area contributed by atoms with Crippen LogP contribution in [-0.4, -0.2) is 15.0 Å². The Hall–Kier alpha value is -1.87. The van der Waals surface area contributed by atoms with Crippen LogP contribution in [0.4, 0.5) is 0 Å². The van der Waals surface area contributed by atoms with Crippen molar-refractivity contribution in [1.82, 2.24) is 0 Å². The van der Waals surface area contributed by atoms with E-state index >= 15 is 0 Å². The minimum absolute atomic E-state index is 0.230. The zero-order valence-electron chi connectivity index (χ0n) is 9.59. The van der Waals surface area contributed by atoms with E-state index in [-0.39, 0.29) is 5.97 Å². The molecule has 0 N–H and O–H groups in total. The van der Waals surface area contributed by atoms with Gasteiger partial charge in [-0.2, -0.15) is 0 Å². The van der Waals surface area contributed by atoms with Crippen molar-refractivity contribution in [2.45, 2.75) is 6.92 Å². The zero-order chi connectivity index (χ0) is 12.1. The lowest BCUT2D eigenvalue weighted by molar-refractivity contribution is -0.132. The molecule has 1 radical (unpaired) electrons. The van der Waals surface area contributed by atoms with E-state index in [1.807, 2.05) is 60.7 Å². The minimum atomic E-state index is -1.45. The third kappa shape index (κ3) is 3.04. The molecular formula is C14H13O2Si. The van der Waals surface area contributed by atoms with Crippen LogP contribution in [0.5, 0.6) is 0 Å². The number of benzene rings is 2. The van der Waals surface area contributed by atoms with Crippen LogP contribution in [-0.2, 0) is 9.22 Å². The van der Waals surface area contributed by atoms with Crippen molar-refractivity contribution >= 4 is 25.4 Å². The van der Waals surface area contributed by atoms with Gasteiger partial charge < -0.3 is 4.43 Å². The Kier molecular flexibility index (Phi) is 3.72. The highest BCUT2D eigenvalue weighted by atomic mass is 28.3. The van der Waals surface area contributed by atoms with E-state index in [0.29, 0.717) is 0 Å². The maximum Gasteiger partial charge on any atom is 0.356 e. The Bertz CT molecular complexity index is 443. The fourth-order valence-corrected chi connectivity index (χ4v) is 3.45. The van der Waals surface area contributed by atoms with Gasteiger partial charge in [-0.3, -0.25) is 4.79 Å². The molecule has 0 fully saturated rings. The number of rotatable bonds is 3. The first-order valence-electron chi connectivity index (χ1n) is 5.43. The average molecular weight is 241 g/mol. The highest BCUT2D eigenvalue weighted by Gasteiger charge is 2.21. The minimum Gasteiger partial charge on any atom is -0.508 e.